The summed E-state index contributed by atoms with van der Waals surface area (Å²) >= 11 is 0. The Balaban J connectivity index is 2.76. The molecule has 6 nitrogen and oxygen atoms in total. The number of carbonyl (C=O) groups is 1. The Morgan fingerprint density at radius 1 is 1.42 bits per heavy atom. The molecule has 7 heteroatoms. The molecule has 0 fully saturated rings. The Hall–Kier alpha value is -1.70. The number of aliphatic hydroxyl groups is 1. The van der Waals surface area contributed by atoms with Gasteiger partial charge in [0.25, 0.3) is 0 Å². The van der Waals surface area contributed by atoms with Gasteiger partial charge in [-0.2, -0.15) is 4.72 Å². The van der Waals surface area contributed by atoms with Gasteiger partial charge in [0.2, 0.25) is 10.0 Å². The molecule has 0 amide bonds. The smallest absolute Gasteiger partial charge is 0.326 e. The number of esters is 1. The molecule has 1 aromatic carbocycles. The van der Waals surface area contributed by atoms with Crippen molar-refractivity contribution in [2.24, 2.45) is 0 Å². The van der Waals surface area contributed by atoms with Crippen LogP contribution in [0.1, 0.15) is 5.56 Å². The zero-order valence-corrected chi connectivity index (χ0v) is 11.1. The van der Waals surface area contributed by atoms with Crippen molar-refractivity contribution in [2.45, 2.75) is 6.04 Å². The minimum absolute atomic E-state index is 0.676. The third kappa shape index (κ3) is 5.21. The van der Waals surface area contributed by atoms with E-state index in [1.165, 1.54) is 6.08 Å². The summed E-state index contributed by atoms with van der Waals surface area (Å²) < 4.78 is 29.7. The normalized spacial score (nSPS) is 13.4. The first-order valence-electron chi connectivity index (χ1n) is 5.42. The Labute approximate surface area is 111 Å². The third-order valence-corrected chi connectivity index (χ3v) is 3.32. The van der Waals surface area contributed by atoms with Gasteiger partial charge in [-0.25, -0.2) is 8.42 Å². The van der Waals surface area contributed by atoms with Gasteiger partial charge in [0.05, 0.1) is 13.7 Å². The Bertz CT molecular complexity index is 538. The van der Waals surface area contributed by atoms with E-state index >= 15 is 0 Å². The fourth-order valence-electron chi connectivity index (χ4n) is 1.27. The van der Waals surface area contributed by atoms with E-state index in [9.17, 15) is 13.2 Å². The molecule has 0 bridgehead atoms. The van der Waals surface area contributed by atoms with E-state index in [-0.39, 0.29) is 0 Å². The summed E-state index contributed by atoms with van der Waals surface area (Å²) in [5, 5.41) is 9.85. The molecular formula is C12H15NO5S. The Kier molecular flexibility index (Phi) is 5.68. The van der Waals surface area contributed by atoms with Crippen LogP contribution < -0.4 is 4.72 Å². The summed E-state index contributed by atoms with van der Waals surface area (Å²) in [4.78, 5) is 11.2. The lowest BCUT2D eigenvalue weighted by atomic mass is 10.2. The van der Waals surface area contributed by atoms with Crippen LogP contribution in [0, 0.1) is 0 Å². The van der Waals surface area contributed by atoms with E-state index in [2.05, 4.69) is 4.74 Å². The van der Waals surface area contributed by atoms with Crippen LogP contribution in [0.25, 0.3) is 6.08 Å². The first-order valence-corrected chi connectivity index (χ1v) is 6.97. The van der Waals surface area contributed by atoms with Crippen LogP contribution in [0.4, 0.5) is 0 Å². The fourth-order valence-corrected chi connectivity index (χ4v) is 2.25. The molecular weight excluding hydrogens is 270 g/mol. The van der Waals surface area contributed by atoms with Gasteiger partial charge >= 0.3 is 5.97 Å². The van der Waals surface area contributed by atoms with Gasteiger partial charge in [-0.05, 0) is 11.6 Å². The SMILES string of the molecule is COC(=O)C(CO)NS(=O)(=O)/C=C/c1ccccc1. The highest BCUT2D eigenvalue weighted by Crippen LogP contribution is 2.03. The zero-order valence-electron chi connectivity index (χ0n) is 10.3. The Morgan fingerprint density at radius 2 is 2.05 bits per heavy atom. The number of rotatable bonds is 6. The average Bonchev–Trinajstić information content (AvgIpc) is 2.43. The summed E-state index contributed by atoms with van der Waals surface area (Å²) in [6.45, 7) is -0.676. The van der Waals surface area contributed by atoms with Crippen molar-refractivity contribution in [3.63, 3.8) is 0 Å². The first kappa shape index (κ1) is 15.4. The maximum absolute atomic E-state index is 11.7. The largest absolute Gasteiger partial charge is 0.468 e. The molecule has 1 unspecified atom stereocenters. The molecule has 0 aliphatic rings. The van der Waals surface area contributed by atoms with Gasteiger partial charge in [-0.15, -0.1) is 0 Å². The van der Waals surface area contributed by atoms with Gasteiger partial charge in [0.15, 0.2) is 0 Å². The minimum atomic E-state index is -3.84. The number of ether oxygens (including phenoxy) is 1. The molecule has 0 saturated carbocycles. The van der Waals surface area contributed by atoms with Crippen molar-refractivity contribution in [1.29, 1.82) is 0 Å². The average molecular weight is 285 g/mol. The monoisotopic (exact) mass is 285 g/mol. The van der Waals surface area contributed by atoms with Gasteiger partial charge in [0, 0.05) is 5.41 Å². The summed E-state index contributed by atoms with van der Waals surface area (Å²) in [5.74, 6) is -0.848. The molecule has 19 heavy (non-hydrogen) atoms. The first-order chi connectivity index (χ1) is 8.98. The molecule has 0 heterocycles. The van der Waals surface area contributed by atoms with Crippen molar-refractivity contribution >= 4 is 22.1 Å². The zero-order chi connectivity index (χ0) is 14.3. The van der Waals surface area contributed by atoms with Crippen LogP contribution in [0.2, 0.25) is 0 Å². The molecule has 2 N–H and O–H groups in total. The van der Waals surface area contributed by atoms with Crippen molar-refractivity contribution in [3.8, 4) is 0 Å². The molecule has 0 aliphatic carbocycles. The second-order valence-corrected chi connectivity index (χ2v) is 5.23. The van der Waals surface area contributed by atoms with Gasteiger partial charge in [0.1, 0.15) is 6.04 Å². The number of sulfonamides is 1. The van der Waals surface area contributed by atoms with Gasteiger partial charge < -0.3 is 9.84 Å². The van der Waals surface area contributed by atoms with E-state index in [1.807, 2.05) is 10.8 Å². The number of carbonyl (C=O) groups excluding carboxylic acids is 1. The maximum Gasteiger partial charge on any atom is 0.326 e. The molecule has 1 atom stereocenters. The van der Waals surface area contributed by atoms with Gasteiger partial charge in [-0.1, -0.05) is 30.3 Å². The summed E-state index contributed by atoms with van der Waals surface area (Å²) in [7, 11) is -2.73. The highest BCUT2D eigenvalue weighted by Gasteiger charge is 2.22. The highest BCUT2D eigenvalue weighted by atomic mass is 32.2. The molecule has 0 aromatic heterocycles. The third-order valence-electron chi connectivity index (χ3n) is 2.21. The molecule has 0 radical (unpaired) electrons. The van der Waals surface area contributed by atoms with Crippen molar-refractivity contribution in [1.82, 2.24) is 4.72 Å². The predicted octanol–water partition coefficient (Wildman–Crippen LogP) is 0.111. The molecule has 104 valence electrons. The lowest BCUT2D eigenvalue weighted by molar-refractivity contribution is -0.143. The number of aliphatic hydroxyl groups excluding tert-OH is 1. The standard InChI is InChI=1S/C12H15NO5S/c1-18-12(15)11(9-14)13-19(16,17)8-7-10-5-3-2-4-6-10/h2-8,11,13-14H,9H2,1H3/b8-7+. The second-order valence-electron chi connectivity index (χ2n) is 3.63. The summed E-state index contributed by atoms with van der Waals surface area (Å²) in [6, 6.07) is 7.50. The van der Waals surface area contributed by atoms with Crippen molar-refractivity contribution < 1.29 is 23.1 Å². The summed E-state index contributed by atoms with van der Waals surface area (Å²) in [6.07, 6.45) is 1.38. The quantitative estimate of drug-likeness (QED) is 0.724. The van der Waals surface area contributed by atoms with Crippen molar-refractivity contribution in [3.05, 3.63) is 41.3 Å². The van der Waals surface area contributed by atoms with E-state index in [0.717, 1.165) is 12.5 Å². The highest BCUT2D eigenvalue weighted by molar-refractivity contribution is 7.92. The van der Waals surface area contributed by atoms with Crippen LogP contribution in [0.5, 0.6) is 0 Å². The molecule has 0 aliphatic heterocycles. The number of hydrogen-bond donors (Lipinski definition) is 2. The lowest BCUT2D eigenvalue weighted by Crippen LogP contribution is -2.43. The van der Waals surface area contributed by atoms with Crippen molar-refractivity contribution in [2.75, 3.05) is 13.7 Å². The van der Waals surface area contributed by atoms with E-state index in [1.54, 1.807) is 24.3 Å². The summed E-state index contributed by atoms with van der Waals surface area (Å²) in [5.41, 5.74) is 0.700. The molecule has 0 saturated heterocycles. The van der Waals surface area contributed by atoms with Crippen LogP contribution in [0.15, 0.2) is 35.7 Å². The molecule has 1 aromatic rings. The number of hydrogen-bond acceptors (Lipinski definition) is 5. The van der Waals surface area contributed by atoms with Crippen LogP contribution >= 0.6 is 0 Å². The number of methoxy groups -OCH3 is 1. The number of nitrogens with one attached hydrogen (secondary N) is 1. The maximum atomic E-state index is 11.7. The predicted molar refractivity (Wildman–Crippen MR) is 70.4 cm³/mol. The van der Waals surface area contributed by atoms with E-state index in [0.29, 0.717) is 5.56 Å². The van der Waals surface area contributed by atoms with E-state index in [4.69, 9.17) is 5.11 Å². The topological polar surface area (TPSA) is 92.7 Å². The fraction of sp³-hybridized carbons (Fsp3) is 0.250. The van der Waals surface area contributed by atoms with Crippen LogP contribution in [-0.4, -0.2) is 39.3 Å². The van der Waals surface area contributed by atoms with E-state index < -0.39 is 28.6 Å². The number of benzene rings is 1. The van der Waals surface area contributed by atoms with Gasteiger partial charge in [-0.3, -0.25) is 4.79 Å². The molecule has 1 rings (SSSR count). The second kappa shape index (κ2) is 7.03. The minimum Gasteiger partial charge on any atom is -0.468 e. The van der Waals surface area contributed by atoms with Crippen LogP contribution in [0.3, 0.4) is 0 Å². The Morgan fingerprint density at radius 3 is 2.58 bits per heavy atom. The lowest BCUT2D eigenvalue weighted by Gasteiger charge is -2.11. The van der Waals surface area contributed by atoms with Crippen LogP contribution in [-0.2, 0) is 19.6 Å². The molecule has 0 spiro atoms.